The molecule has 1 atom stereocenters. The molecule has 51 heavy (non-hydrogen) atoms. The van der Waals surface area contributed by atoms with Gasteiger partial charge >= 0.3 is 7.82 Å². The van der Waals surface area contributed by atoms with E-state index in [4.69, 9.17) is 24.4 Å². The van der Waals surface area contributed by atoms with Crippen LogP contribution in [0.25, 0.3) is 0 Å². The van der Waals surface area contributed by atoms with Gasteiger partial charge in [-0.15, -0.1) is 0 Å². The lowest BCUT2D eigenvalue weighted by Gasteiger charge is -2.17. The first-order valence-corrected chi connectivity index (χ1v) is 23.3. The quantitative estimate of drug-likeness (QED) is 0.0277. The predicted octanol–water partition coefficient (Wildman–Crippen LogP) is 11.7. The second kappa shape index (κ2) is 45.8. The van der Waals surface area contributed by atoms with E-state index in [-0.39, 0.29) is 19.8 Å². The minimum Gasteiger partial charge on any atom is -0.395 e. The van der Waals surface area contributed by atoms with E-state index >= 15 is 0 Å². The molecule has 308 valence electrons. The monoisotopic (exact) mass is 750 g/mol. The highest BCUT2D eigenvalue weighted by molar-refractivity contribution is 7.47. The van der Waals surface area contributed by atoms with Crippen molar-refractivity contribution in [1.82, 2.24) is 4.90 Å². The van der Waals surface area contributed by atoms with Gasteiger partial charge in [-0.05, 0) is 38.5 Å². The zero-order valence-corrected chi connectivity index (χ0v) is 34.8. The third-order valence-electron chi connectivity index (χ3n) is 9.41. The fourth-order valence-electron chi connectivity index (χ4n) is 6.16. The Kier molecular flexibility index (Phi) is 47.5. The molecule has 8 nitrogen and oxygen atoms in total. The molecule has 0 aliphatic rings. The summed E-state index contributed by atoms with van der Waals surface area (Å²) in [6.45, 7) is 6.94. The molecule has 9 heteroatoms. The zero-order valence-electron chi connectivity index (χ0n) is 33.9. The molecular weight excluding hydrogens is 661 g/mol. The van der Waals surface area contributed by atoms with Gasteiger partial charge in [0.15, 0.2) is 0 Å². The van der Waals surface area contributed by atoms with Crippen molar-refractivity contribution in [3.63, 3.8) is 0 Å². The Balaban J connectivity index is 0. The Morgan fingerprint density at radius 2 is 0.686 bits per heavy atom. The van der Waals surface area contributed by atoms with E-state index in [9.17, 15) is 9.46 Å². The van der Waals surface area contributed by atoms with Crippen LogP contribution in [0.2, 0.25) is 0 Å². The highest BCUT2D eigenvalue weighted by Gasteiger charge is 2.19. The molecule has 0 aromatic rings. The van der Waals surface area contributed by atoms with E-state index in [1.807, 2.05) is 0 Å². The van der Waals surface area contributed by atoms with Gasteiger partial charge in [-0.2, -0.15) is 0 Å². The number of rotatable bonds is 41. The summed E-state index contributed by atoms with van der Waals surface area (Å²) in [6, 6.07) is 0. The standard InChI is InChI=1S/C36H73O4P.C6H15NO3/c1-3-5-7-9-11-13-15-17-19-21-23-25-27-29-31-33-35-39-41(37,38)40-36-34-32-30-28-26-24-22-20-18-16-14-12-10-8-6-4-2;8-4-1-7(2-5-9)3-6-10/h17,19H,3-16,18,20-36H2,1-2H3,(H,37,38);8-10H,1-6H2. The molecule has 0 amide bonds. The molecule has 0 spiro atoms. The van der Waals surface area contributed by atoms with Gasteiger partial charge in [-0.1, -0.05) is 180 Å². The SMILES string of the molecule is CCCCCCCCC=CCCCCCCCCOP(=O)(O)OCCCCCCCCCCCCCCCCCC.OCCN(CCO)CCO. The average molecular weight is 750 g/mol. The maximum atomic E-state index is 12.0. The predicted molar refractivity (Wildman–Crippen MR) is 218 cm³/mol. The molecular formula is C42H88NO7P. The van der Waals surface area contributed by atoms with E-state index in [1.165, 1.54) is 167 Å². The average Bonchev–Trinajstić information content (AvgIpc) is 3.11. The highest BCUT2D eigenvalue weighted by atomic mass is 31.2. The lowest BCUT2D eigenvalue weighted by Crippen LogP contribution is -2.32. The summed E-state index contributed by atoms with van der Waals surface area (Å²) in [4.78, 5) is 11.7. The molecule has 0 aromatic carbocycles. The molecule has 0 fully saturated rings. The minimum absolute atomic E-state index is 0.0694. The summed E-state index contributed by atoms with van der Waals surface area (Å²) in [6.07, 6.45) is 43.3. The van der Waals surface area contributed by atoms with Crippen molar-refractivity contribution in [1.29, 1.82) is 0 Å². The molecule has 4 N–H and O–H groups in total. The van der Waals surface area contributed by atoms with Crippen LogP contribution >= 0.6 is 7.82 Å². The van der Waals surface area contributed by atoms with Gasteiger partial charge in [0.2, 0.25) is 0 Å². The third kappa shape index (κ3) is 47.7. The number of allylic oxidation sites excluding steroid dienone is 2. The van der Waals surface area contributed by atoms with Crippen LogP contribution in [0.3, 0.4) is 0 Å². The van der Waals surface area contributed by atoms with Gasteiger partial charge in [0, 0.05) is 19.6 Å². The number of hydrogen-bond donors (Lipinski definition) is 4. The van der Waals surface area contributed by atoms with Crippen LogP contribution in [0.1, 0.15) is 206 Å². The molecule has 0 saturated carbocycles. The molecule has 0 rings (SSSR count). The number of phosphoric ester groups is 1. The maximum absolute atomic E-state index is 12.0. The molecule has 0 aromatic heterocycles. The van der Waals surface area contributed by atoms with Gasteiger partial charge in [0.25, 0.3) is 0 Å². The lowest BCUT2D eigenvalue weighted by atomic mass is 10.0. The van der Waals surface area contributed by atoms with Crippen LogP contribution in [-0.4, -0.2) is 77.8 Å². The van der Waals surface area contributed by atoms with Crippen molar-refractivity contribution >= 4 is 7.82 Å². The van der Waals surface area contributed by atoms with Crippen molar-refractivity contribution < 1.29 is 33.8 Å². The van der Waals surface area contributed by atoms with Crippen molar-refractivity contribution in [3.05, 3.63) is 12.2 Å². The number of hydrogen-bond acceptors (Lipinski definition) is 7. The molecule has 0 saturated heterocycles. The summed E-state index contributed by atoms with van der Waals surface area (Å²) in [7, 11) is -3.88. The molecule has 0 aliphatic heterocycles. The van der Waals surface area contributed by atoms with Crippen molar-refractivity contribution in [3.8, 4) is 0 Å². The maximum Gasteiger partial charge on any atom is 0.472 e. The molecule has 0 heterocycles. The van der Waals surface area contributed by atoms with E-state index in [1.54, 1.807) is 4.90 Å². The first-order chi connectivity index (χ1) is 25.0. The minimum atomic E-state index is -3.88. The van der Waals surface area contributed by atoms with Crippen molar-refractivity contribution in [2.75, 3.05) is 52.7 Å². The fraction of sp³-hybridized carbons (Fsp3) is 0.952. The zero-order chi connectivity index (χ0) is 37.8. The van der Waals surface area contributed by atoms with E-state index in [2.05, 4.69) is 26.0 Å². The Labute approximate surface area is 317 Å². The first-order valence-electron chi connectivity index (χ1n) is 21.8. The van der Waals surface area contributed by atoms with Crippen LogP contribution in [0.15, 0.2) is 12.2 Å². The molecule has 0 bridgehead atoms. The highest BCUT2D eigenvalue weighted by Crippen LogP contribution is 2.43. The topological polar surface area (TPSA) is 120 Å². The van der Waals surface area contributed by atoms with E-state index in [0.717, 1.165) is 25.7 Å². The van der Waals surface area contributed by atoms with Crippen LogP contribution in [0.5, 0.6) is 0 Å². The molecule has 0 radical (unpaired) electrons. The normalized spacial score (nSPS) is 12.8. The summed E-state index contributed by atoms with van der Waals surface area (Å²) in [5.74, 6) is 0. The fourth-order valence-corrected chi connectivity index (χ4v) is 6.95. The van der Waals surface area contributed by atoms with Crippen LogP contribution in [0.4, 0.5) is 0 Å². The Hall–Kier alpha value is -0.310. The van der Waals surface area contributed by atoms with Gasteiger partial charge in [0.05, 0.1) is 33.0 Å². The van der Waals surface area contributed by atoms with E-state index in [0.29, 0.717) is 32.8 Å². The summed E-state index contributed by atoms with van der Waals surface area (Å²) >= 11 is 0. The first kappa shape index (κ1) is 52.8. The van der Waals surface area contributed by atoms with Gasteiger partial charge in [-0.25, -0.2) is 4.57 Å². The Morgan fingerprint density at radius 1 is 0.431 bits per heavy atom. The van der Waals surface area contributed by atoms with Crippen LogP contribution in [-0.2, 0) is 13.6 Å². The van der Waals surface area contributed by atoms with E-state index < -0.39 is 7.82 Å². The Bertz CT molecular complexity index is 698. The van der Waals surface area contributed by atoms with Gasteiger partial charge in [0.1, 0.15) is 0 Å². The second-order valence-corrected chi connectivity index (χ2v) is 15.8. The van der Waals surface area contributed by atoms with Crippen LogP contribution < -0.4 is 0 Å². The smallest absolute Gasteiger partial charge is 0.395 e. The molecule has 0 aliphatic carbocycles. The number of nitrogens with zero attached hydrogens (tertiary/aromatic N) is 1. The number of unbranched alkanes of at least 4 members (excludes halogenated alkanes) is 27. The third-order valence-corrected chi connectivity index (χ3v) is 10.4. The van der Waals surface area contributed by atoms with Crippen molar-refractivity contribution in [2.24, 2.45) is 0 Å². The van der Waals surface area contributed by atoms with Crippen LogP contribution in [0, 0.1) is 0 Å². The number of phosphoric acid groups is 1. The van der Waals surface area contributed by atoms with Crippen molar-refractivity contribution in [2.45, 2.75) is 206 Å². The van der Waals surface area contributed by atoms with Gasteiger partial charge in [-0.3, -0.25) is 13.9 Å². The largest absolute Gasteiger partial charge is 0.472 e. The second-order valence-electron chi connectivity index (χ2n) is 14.4. The Morgan fingerprint density at radius 3 is 0.961 bits per heavy atom. The lowest BCUT2D eigenvalue weighted by molar-refractivity contribution is 0.136. The summed E-state index contributed by atoms with van der Waals surface area (Å²) in [5.41, 5.74) is 0. The summed E-state index contributed by atoms with van der Waals surface area (Å²) < 4.78 is 22.4. The molecule has 1 unspecified atom stereocenters. The number of aliphatic hydroxyl groups is 3. The summed E-state index contributed by atoms with van der Waals surface area (Å²) in [5, 5.41) is 25.5. The number of aliphatic hydroxyl groups excluding tert-OH is 3. The van der Waals surface area contributed by atoms with Gasteiger partial charge < -0.3 is 20.2 Å².